The van der Waals surface area contributed by atoms with Crippen LogP contribution in [0.2, 0.25) is 0 Å². The van der Waals surface area contributed by atoms with Crippen molar-refractivity contribution in [2.75, 3.05) is 32.7 Å². The van der Waals surface area contributed by atoms with Crippen molar-refractivity contribution in [2.24, 2.45) is 5.92 Å². The standard InChI is InChI=1S/C20H33N3O2S/c1-18-10-16-23(17-11-18)26(24,25)21-20(19-8-4-2-5-9-19)12-15-22-13-6-3-7-14-22/h2,4-5,8-9,18,20-21H,3,6-7,10-17H2,1H3. The molecule has 2 saturated heterocycles. The Morgan fingerprint density at radius 2 is 1.69 bits per heavy atom. The van der Waals surface area contributed by atoms with E-state index in [1.54, 1.807) is 4.31 Å². The highest BCUT2D eigenvalue weighted by atomic mass is 32.2. The number of likely N-dealkylation sites (tertiary alicyclic amines) is 1. The number of benzene rings is 1. The topological polar surface area (TPSA) is 52.7 Å². The fourth-order valence-corrected chi connectivity index (χ4v) is 5.41. The Kier molecular flexibility index (Phi) is 7.09. The van der Waals surface area contributed by atoms with Crippen LogP contribution in [0.25, 0.3) is 0 Å². The summed E-state index contributed by atoms with van der Waals surface area (Å²) in [4.78, 5) is 2.47. The lowest BCUT2D eigenvalue weighted by Gasteiger charge is -2.32. The molecule has 0 aliphatic carbocycles. The first-order chi connectivity index (χ1) is 12.5. The lowest BCUT2D eigenvalue weighted by atomic mass is 10.0. The van der Waals surface area contributed by atoms with Crippen LogP contribution in [-0.2, 0) is 10.2 Å². The fraction of sp³-hybridized carbons (Fsp3) is 0.700. The lowest BCUT2D eigenvalue weighted by Crippen LogP contribution is -2.46. The maximum atomic E-state index is 12.9. The van der Waals surface area contributed by atoms with Crippen LogP contribution in [0, 0.1) is 5.92 Å². The molecule has 3 rings (SSSR count). The summed E-state index contributed by atoms with van der Waals surface area (Å²) in [6, 6.07) is 9.84. The summed E-state index contributed by atoms with van der Waals surface area (Å²) in [6.07, 6.45) is 6.54. The molecule has 1 N–H and O–H groups in total. The van der Waals surface area contributed by atoms with Crippen molar-refractivity contribution in [3.05, 3.63) is 35.9 Å². The van der Waals surface area contributed by atoms with Crippen LogP contribution in [0.1, 0.15) is 57.1 Å². The van der Waals surface area contributed by atoms with Crippen molar-refractivity contribution in [1.29, 1.82) is 0 Å². The van der Waals surface area contributed by atoms with E-state index in [1.165, 1.54) is 19.3 Å². The third kappa shape index (κ3) is 5.52. The summed E-state index contributed by atoms with van der Waals surface area (Å²) in [5, 5.41) is 0. The molecule has 26 heavy (non-hydrogen) atoms. The van der Waals surface area contributed by atoms with E-state index in [0.29, 0.717) is 19.0 Å². The molecule has 2 aliphatic heterocycles. The van der Waals surface area contributed by atoms with Crippen LogP contribution in [0.4, 0.5) is 0 Å². The van der Waals surface area contributed by atoms with Gasteiger partial charge < -0.3 is 4.90 Å². The molecule has 0 saturated carbocycles. The zero-order valence-corrected chi connectivity index (χ0v) is 16.8. The number of nitrogens with zero attached hydrogens (tertiary/aromatic N) is 2. The zero-order valence-electron chi connectivity index (χ0n) is 15.9. The molecule has 0 aromatic heterocycles. The van der Waals surface area contributed by atoms with Gasteiger partial charge in [-0.15, -0.1) is 0 Å². The Balaban J connectivity index is 1.66. The molecule has 2 fully saturated rings. The predicted octanol–water partition coefficient (Wildman–Crippen LogP) is 3.17. The SMILES string of the molecule is CC1CCN(S(=O)(=O)NC(CCN2CCCCC2)c2ccccc2)CC1. The Morgan fingerprint density at radius 1 is 1.04 bits per heavy atom. The third-order valence-corrected chi connectivity index (χ3v) is 7.39. The van der Waals surface area contributed by atoms with Gasteiger partial charge in [0.1, 0.15) is 0 Å². The second-order valence-corrected chi connectivity index (χ2v) is 9.56. The Morgan fingerprint density at radius 3 is 2.35 bits per heavy atom. The third-order valence-electron chi connectivity index (χ3n) is 5.76. The quantitative estimate of drug-likeness (QED) is 0.792. The van der Waals surface area contributed by atoms with Crippen LogP contribution in [-0.4, -0.2) is 50.3 Å². The minimum atomic E-state index is -3.44. The van der Waals surface area contributed by atoms with Gasteiger partial charge in [-0.1, -0.05) is 43.7 Å². The molecule has 0 amide bonds. The fourth-order valence-electron chi connectivity index (χ4n) is 3.95. The maximum absolute atomic E-state index is 12.9. The summed E-state index contributed by atoms with van der Waals surface area (Å²) >= 11 is 0. The Bertz CT molecular complexity index is 636. The van der Waals surface area contributed by atoms with Crippen molar-refractivity contribution in [3.8, 4) is 0 Å². The van der Waals surface area contributed by atoms with E-state index in [2.05, 4.69) is 16.5 Å². The van der Waals surface area contributed by atoms with Gasteiger partial charge in [0.05, 0.1) is 0 Å². The monoisotopic (exact) mass is 379 g/mol. The molecule has 0 bridgehead atoms. The molecule has 146 valence electrons. The van der Waals surface area contributed by atoms with E-state index in [9.17, 15) is 8.42 Å². The van der Waals surface area contributed by atoms with Crippen molar-refractivity contribution in [1.82, 2.24) is 13.9 Å². The van der Waals surface area contributed by atoms with E-state index in [-0.39, 0.29) is 6.04 Å². The van der Waals surface area contributed by atoms with Gasteiger partial charge in [-0.3, -0.25) is 0 Å². The average molecular weight is 380 g/mol. The first-order valence-electron chi connectivity index (χ1n) is 10.1. The Hall–Kier alpha value is -0.950. The number of piperidine rings is 2. The van der Waals surface area contributed by atoms with Crippen LogP contribution in [0.5, 0.6) is 0 Å². The van der Waals surface area contributed by atoms with Gasteiger partial charge in [-0.05, 0) is 63.2 Å². The highest BCUT2D eigenvalue weighted by Gasteiger charge is 2.29. The first kappa shape index (κ1) is 19.8. The van der Waals surface area contributed by atoms with E-state index in [1.807, 2.05) is 30.3 Å². The van der Waals surface area contributed by atoms with Crippen LogP contribution in [0.15, 0.2) is 30.3 Å². The number of rotatable bonds is 7. The molecule has 0 spiro atoms. The van der Waals surface area contributed by atoms with E-state index in [4.69, 9.17) is 0 Å². The summed E-state index contributed by atoms with van der Waals surface area (Å²) in [5.41, 5.74) is 1.05. The highest BCUT2D eigenvalue weighted by molar-refractivity contribution is 7.87. The Labute approximate surface area is 158 Å². The summed E-state index contributed by atoms with van der Waals surface area (Å²) < 4.78 is 30.5. The molecule has 6 heteroatoms. The smallest absolute Gasteiger partial charge is 0.280 e. The second kappa shape index (κ2) is 9.31. The first-order valence-corrected chi connectivity index (χ1v) is 11.5. The number of hydrogen-bond donors (Lipinski definition) is 1. The molecule has 5 nitrogen and oxygen atoms in total. The molecule has 1 unspecified atom stereocenters. The summed E-state index contributed by atoms with van der Waals surface area (Å²) in [7, 11) is -3.44. The van der Waals surface area contributed by atoms with Gasteiger partial charge in [0, 0.05) is 19.1 Å². The average Bonchev–Trinajstić information content (AvgIpc) is 2.67. The molecule has 1 aromatic carbocycles. The minimum Gasteiger partial charge on any atom is -0.303 e. The van der Waals surface area contributed by atoms with Gasteiger partial charge in [0.25, 0.3) is 10.2 Å². The van der Waals surface area contributed by atoms with Crippen molar-refractivity contribution >= 4 is 10.2 Å². The minimum absolute atomic E-state index is 0.164. The number of hydrogen-bond acceptors (Lipinski definition) is 3. The molecule has 1 atom stereocenters. The van der Waals surface area contributed by atoms with Gasteiger partial charge in [0.2, 0.25) is 0 Å². The maximum Gasteiger partial charge on any atom is 0.280 e. The second-order valence-electron chi connectivity index (χ2n) is 7.86. The largest absolute Gasteiger partial charge is 0.303 e. The van der Waals surface area contributed by atoms with Crippen molar-refractivity contribution in [2.45, 2.75) is 51.5 Å². The summed E-state index contributed by atoms with van der Waals surface area (Å²) in [5.74, 6) is 0.616. The molecule has 1 aromatic rings. The van der Waals surface area contributed by atoms with Gasteiger partial charge in [0.15, 0.2) is 0 Å². The van der Waals surface area contributed by atoms with Gasteiger partial charge in [-0.2, -0.15) is 17.4 Å². The van der Waals surface area contributed by atoms with Crippen LogP contribution >= 0.6 is 0 Å². The summed E-state index contributed by atoms with van der Waals surface area (Å²) in [6.45, 7) is 6.67. The zero-order chi connectivity index (χ0) is 18.4. The van der Waals surface area contributed by atoms with Crippen molar-refractivity contribution < 1.29 is 8.42 Å². The van der Waals surface area contributed by atoms with Crippen LogP contribution in [0.3, 0.4) is 0 Å². The van der Waals surface area contributed by atoms with Crippen LogP contribution < -0.4 is 4.72 Å². The number of nitrogens with one attached hydrogen (secondary N) is 1. The van der Waals surface area contributed by atoms with E-state index in [0.717, 1.165) is 44.5 Å². The molecule has 2 heterocycles. The van der Waals surface area contributed by atoms with Crippen molar-refractivity contribution in [3.63, 3.8) is 0 Å². The van der Waals surface area contributed by atoms with Gasteiger partial charge >= 0.3 is 0 Å². The molecule has 0 radical (unpaired) electrons. The molecule has 2 aliphatic rings. The normalized spacial score (nSPS) is 22.3. The van der Waals surface area contributed by atoms with Gasteiger partial charge in [-0.25, -0.2) is 0 Å². The lowest BCUT2D eigenvalue weighted by molar-refractivity contribution is 0.218. The van der Waals surface area contributed by atoms with E-state index < -0.39 is 10.2 Å². The molecular weight excluding hydrogens is 346 g/mol. The predicted molar refractivity (Wildman–Crippen MR) is 106 cm³/mol. The van der Waals surface area contributed by atoms with E-state index >= 15 is 0 Å². The molecular formula is C20H33N3O2S. The highest BCUT2D eigenvalue weighted by Crippen LogP contribution is 2.23.